The number of fused-ring (bicyclic) bond motifs is 1. The van der Waals surface area contributed by atoms with E-state index in [1.165, 1.54) is 0 Å². The average molecular weight is 325 g/mol. The van der Waals surface area contributed by atoms with Crippen LogP contribution in [0.2, 0.25) is 0 Å². The third-order valence-electron chi connectivity index (χ3n) is 4.21. The highest BCUT2D eigenvalue weighted by Gasteiger charge is 2.27. The van der Waals surface area contributed by atoms with Crippen LogP contribution in [0.1, 0.15) is 25.1 Å². The van der Waals surface area contributed by atoms with Gasteiger partial charge in [0.15, 0.2) is 5.82 Å². The van der Waals surface area contributed by atoms with Gasteiger partial charge < -0.3 is 9.80 Å². The molecule has 0 aliphatic carbocycles. The number of hydrogen-bond acceptors (Lipinski definition) is 5. The number of hydrogen-bond donors (Lipinski definition) is 0. The van der Waals surface area contributed by atoms with Gasteiger partial charge in [0, 0.05) is 50.1 Å². The van der Waals surface area contributed by atoms with Gasteiger partial charge in [-0.3, -0.25) is 9.78 Å². The van der Waals surface area contributed by atoms with E-state index >= 15 is 0 Å². The molecule has 1 aliphatic heterocycles. The first-order valence-electron chi connectivity index (χ1n) is 8.23. The molecule has 2 aromatic heterocycles. The van der Waals surface area contributed by atoms with E-state index in [-0.39, 0.29) is 11.8 Å². The Morgan fingerprint density at radius 3 is 2.54 bits per heavy atom. The Kier molecular flexibility index (Phi) is 4.46. The second kappa shape index (κ2) is 6.55. The van der Waals surface area contributed by atoms with Crippen LogP contribution in [-0.2, 0) is 17.8 Å². The van der Waals surface area contributed by atoms with Crippen LogP contribution in [0.25, 0.3) is 11.4 Å². The summed E-state index contributed by atoms with van der Waals surface area (Å²) in [5.41, 5.74) is 3.02. The van der Waals surface area contributed by atoms with Crippen molar-refractivity contribution in [2.24, 2.45) is 5.92 Å². The van der Waals surface area contributed by atoms with Gasteiger partial charge in [0.05, 0.1) is 12.2 Å². The van der Waals surface area contributed by atoms with Crippen molar-refractivity contribution in [2.45, 2.75) is 26.8 Å². The van der Waals surface area contributed by atoms with E-state index in [9.17, 15) is 4.79 Å². The van der Waals surface area contributed by atoms with E-state index in [0.717, 1.165) is 35.6 Å². The van der Waals surface area contributed by atoms with Gasteiger partial charge in [0.2, 0.25) is 5.91 Å². The molecule has 0 atom stereocenters. The maximum atomic E-state index is 12.3. The van der Waals surface area contributed by atoms with Crippen LogP contribution >= 0.6 is 0 Å². The van der Waals surface area contributed by atoms with Crippen LogP contribution < -0.4 is 4.90 Å². The lowest BCUT2D eigenvalue weighted by atomic mass is 10.0. The topological polar surface area (TPSA) is 62.2 Å². The fourth-order valence-corrected chi connectivity index (χ4v) is 2.96. The van der Waals surface area contributed by atoms with E-state index in [1.54, 1.807) is 12.4 Å². The Hall–Kier alpha value is -2.50. The fourth-order valence-electron chi connectivity index (χ4n) is 2.96. The first-order chi connectivity index (χ1) is 11.5. The van der Waals surface area contributed by atoms with E-state index in [1.807, 2.05) is 49.9 Å². The SMILES string of the molecule is CC(C)C(=O)N1CCc2c(nc(-c3ccncc3)nc2N(C)C)C1. The Labute approximate surface area is 142 Å². The first kappa shape index (κ1) is 16.4. The lowest BCUT2D eigenvalue weighted by Gasteiger charge is -2.31. The molecular weight excluding hydrogens is 302 g/mol. The van der Waals surface area contributed by atoms with Crippen molar-refractivity contribution in [3.05, 3.63) is 35.8 Å². The van der Waals surface area contributed by atoms with Crippen molar-refractivity contribution >= 4 is 11.7 Å². The molecule has 0 spiro atoms. The number of carbonyl (C=O) groups excluding carboxylic acids is 1. The van der Waals surface area contributed by atoms with Crippen LogP contribution in [-0.4, -0.2) is 46.4 Å². The van der Waals surface area contributed by atoms with E-state index in [4.69, 9.17) is 9.97 Å². The van der Waals surface area contributed by atoms with Gasteiger partial charge in [0.1, 0.15) is 5.82 Å². The molecule has 0 aromatic carbocycles. The number of amides is 1. The van der Waals surface area contributed by atoms with Crippen LogP contribution in [0.4, 0.5) is 5.82 Å². The van der Waals surface area contributed by atoms with Crippen LogP contribution in [0.3, 0.4) is 0 Å². The molecule has 0 radical (unpaired) electrons. The van der Waals surface area contributed by atoms with Gasteiger partial charge in [-0.25, -0.2) is 9.97 Å². The number of nitrogens with zero attached hydrogens (tertiary/aromatic N) is 5. The predicted molar refractivity (Wildman–Crippen MR) is 93.5 cm³/mol. The second-order valence-corrected chi connectivity index (χ2v) is 6.59. The third kappa shape index (κ3) is 3.09. The summed E-state index contributed by atoms with van der Waals surface area (Å²) in [6, 6.07) is 3.81. The van der Waals surface area contributed by atoms with Gasteiger partial charge in [-0.2, -0.15) is 0 Å². The van der Waals surface area contributed by atoms with Crippen molar-refractivity contribution in [3.8, 4) is 11.4 Å². The zero-order valence-electron chi connectivity index (χ0n) is 14.7. The molecule has 0 bridgehead atoms. The Bertz CT molecular complexity index is 743. The molecule has 0 saturated heterocycles. The lowest BCUT2D eigenvalue weighted by molar-refractivity contribution is -0.135. The second-order valence-electron chi connectivity index (χ2n) is 6.59. The van der Waals surface area contributed by atoms with Crippen molar-refractivity contribution in [2.75, 3.05) is 25.5 Å². The van der Waals surface area contributed by atoms with Gasteiger partial charge >= 0.3 is 0 Å². The molecular formula is C18H23N5O. The van der Waals surface area contributed by atoms with E-state index < -0.39 is 0 Å². The molecule has 24 heavy (non-hydrogen) atoms. The number of pyridine rings is 1. The Morgan fingerprint density at radius 1 is 1.21 bits per heavy atom. The summed E-state index contributed by atoms with van der Waals surface area (Å²) in [6.45, 7) is 5.15. The summed E-state index contributed by atoms with van der Waals surface area (Å²) < 4.78 is 0. The van der Waals surface area contributed by atoms with Crippen LogP contribution in [0, 0.1) is 5.92 Å². The van der Waals surface area contributed by atoms with Crippen molar-refractivity contribution < 1.29 is 4.79 Å². The maximum absolute atomic E-state index is 12.3. The van der Waals surface area contributed by atoms with Crippen LogP contribution in [0.15, 0.2) is 24.5 Å². The van der Waals surface area contributed by atoms with Crippen molar-refractivity contribution in [3.63, 3.8) is 0 Å². The quantitative estimate of drug-likeness (QED) is 0.865. The normalized spacial score (nSPS) is 13.8. The third-order valence-corrected chi connectivity index (χ3v) is 4.21. The molecule has 0 N–H and O–H groups in total. The Morgan fingerprint density at radius 2 is 1.92 bits per heavy atom. The molecule has 126 valence electrons. The van der Waals surface area contributed by atoms with E-state index in [0.29, 0.717) is 12.4 Å². The summed E-state index contributed by atoms with van der Waals surface area (Å²) >= 11 is 0. The zero-order chi connectivity index (χ0) is 17.3. The molecule has 6 heteroatoms. The van der Waals surface area contributed by atoms with Crippen molar-refractivity contribution in [1.82, 2.24) is 19.9 Å². The minimum Gasteiger partial charge on any atom is -0.362 e. The maximum Gasteiger partial charge on any atom is 0.225 e. The van der Waals surface area contributed by atoms with Gasteiger partial charge in [-0.05, 0) is 18.6 Å². The summed E-state index contributed by atoms with van der Waals surface area (Å²) in [4.78, 5) is 29.8. The highest BCUT2D eigenvalue weighted by atomic mass is 16.2. The minimum absolute atomic E-state index is 0.00127. The highest BCUT2D eigenvalue weighted by molar-refractivity contribution is 5.78. The molecule has 0 saturated carbocycles. The largest absolute Gasteiger partial charge is 0.362 e. The molecule has 3 rings (SSSR count). The highest BCUT2D eigenvalue weighted by Crippen LogP contribution is 2.28. The zero-order valence-corrected chi connectivity index (χ0v) is 14.7. The molecule has 1 amide bonds. The molecule has 1 aliphatic rings. The molecule has 0 fully saturated rings. The lowest BCUT2D eigenvalue weighted by Crippen LogP contribution is -2.39. The molecule has 6 nitrogen and oxygen atoms in total. The Balaban J connectivity index is 2.04. The molecule has 0 unspecified atom stereocenters. The van der Waals surface area contributed by atoms with Gasteiger partial charge in [-0.15, -0.1) is 0 Å². The van der Waals surface area contributed by atoms with Gasteiger partial charge in [0.25, 0.3) is 0 Å². The number of anilines is 1. The summed E-state index contributed by atoms with van der Waals surface area (Å²) in [5, 5.41) is 0. The summed E-state index contributed by atoms with van der Waals surface area (Å²) in [6.07, 6.45) is 4.27. The number of aromatic nitrogens is 3. The minimum atomic E-state index is 0.00127. The first-order valence-corrected chi connectivity index (χ1v) is 8.23. The van der Waals surface area contributed by atoms with Crippen molar-refractivity contribution in [1.29, 1.82) is 0 Å². The van der Waals surface area contributed by atoms with E-state index in [2.05, 4.69) is 4.98 Å². The monoisotopic (exact) mass is 325 g/mol. The average Bonchev–Trinajstić information content (AvgIpc) is 2.60. The smallest absolute Gasteiger partial charge is 0.225 e. The fraction of sp³-hybridized carbons (Fsp3) is 0.444. The number of carbonyl (C=O) groups is 1. The van der Waals surface area contributed by atoms with Gasteiger partial charge in [-0.1, -0.05) is 13.8 Å². The van der Waals surface area contributed by atoms with Crippen LogP contribution in [0.5, 0.6) is 0 Å². The number of rotatable bonds is 3. The summed E-state index contributed by atoms with van der Waals surface area (Å²) in [5.74, 6) is 1.79. The standard InChI is InChI=1S/C18H23N5O/c1-12(2)18(24)23-10-7-14-15(11-23)20-16(21-17(14)22(3)4)13-5-8-19-9-6-13/h5-6,8-9,12H,7,10-11H2,1-4H3. The predicted octanol–water partition coefficient (Wildman–Crippen LogP) is 2.15. The molecule has 2 aromatic rings. The summed E-state index contributed by atoms with van der Waals surface area (Å²) in [7, 11) is 3.98. The molecule has 3 heterocycles.